The zero-order valence-electron chi connectivity index (χ0n) is 11.5. The van der Waals surface area contributed by atoms with Crippen molar-refractivity contribution in [3.8, 4) is 0 Å². The topological polar surface area (TPSA) is 88.3 Å². The van der Waals surface area contributed by atoms with Gasteiger partial charge in [-0.05, 0) is 18.2 Å². The van der Waals surface area contributed by atoms with Crippen LogP contribution in [0.3, 0.4) is 0 Å². The first-order chi connectivity index (χ1) is 10.6. The molecule has 1 aromatic heterocycles. The monoisotopic (exact) mass is 339 g/mol. The molecular formula is C14H14ClN3O3S. The number of alkyl halides is 1. The van der Waals surface area contributed by atoms with Gasteiger partial charge in [0.1, 0.15) is 5.03 Å². The summed E-state index contributed by atoms with van der Waals surface area (Å²) in [6, 6.07) is 10.2. The summed E-state index contributed by atoms with van der Waals surface area (Å²) in [7, 11) is 0. The van der Waals surface area contributed by atoms with Gasteiger partial charge in [0.25, 0.3) is 5.69 Å². The normalized spacial score (nSPS) is 11.9. The van der Waals surface area contributed by atoms with E-state index in [1.165, 1.54) is 23.9 Å². The van der Waals surface area contributed by atoms with Crippen LogP contribution < -0.4 is 5.32 Å². The maximum absolute atomic E-state index is 11.0. The standard InChI is InChI=1S/C14H14ClN3O3S/c15-8-12(19)9-17-10-5-11(18(20)21)7-13(6-10)22-14-3-1-2-4-16-14/h1-7,12,17,19H,8-9H2. The highest BCUT2D eigenvalue weighted by molar-refractivity contribution is 7.99. The molecule has 2 rings (SSSR count). The van der Waals surface area contributed by atoms with Crippen LogP contribution >= 0.6 is 23.4 Å². The summed E-state index contributed by atoms with van der Waals surface area (Å²) in [6.07, 6.45) is 0.947. The number of aromatic nitrogens is 1. The van der Waals surface area contributed by atoms with Gasteiger partial charge >= 0.3 is 0 Å². The highest BCUT2D eigenvalue weighted by atomic mass is 35.5. The molecule has 1 heterocycles. The molecule has 0 bridgehead atoms. The molecule has 0 saturated heterocycles. The molecule has 1 unspecified atom stereocenters. The van der Waals surface area contributed by atoms with Crippen molar-refractivity contribution in [3.05, 3.63) is 52.7 Å². The Bertz CT molecular complexity index is 642. The largest absolute Gasteiger partial charge is 0.390 e. The Balaban J connectivity index is 2.21. The second-order valence-electron chi connectivity index (χ2n) is 4.43. The number of nitro groups is 1. The molecular weight excluding hydrogens is 326 g/mol. The number of anilines is 1. The molecule has 0 aliphatic heterocycles. The maximum atomic E-state index is 11.0. The fraction of sp³-hybridized carbons (Fsp3) is 0.214. The SMILES string of the molecule is O=[N+]([O-])c1cc(NCC(O)CCl)cc(Sc2ccccn2)c1. The van der Waals surface area contributed by atoms with Crippen molar-refractivity contribution in [1.82, 2.24) is 4.98 Å². The van der Waals surface area contributed by atoms with Crippen LogP contribution in [0.1, 0.15) is 0 Å². The summed E-state index contributed by atoms with van der Waals surface area (Å²) < 4.78 is 0. The van der Waals surface area contributed by atoms with Gasteiger partial charge in [-0.3, -0.25) is 10.1 Å². The number of pyridine rings is 1. The number of nitrogens with zero attached hydrogens (tertiary/aromatic N) is 2. The Morgan fingerprint density at radius 3 is 2.86 bits per heavy atom. The quantitative estimate of drug-likeness (QED) is 0.457. The number of aliphatic hydroxyl groups excluding tert-OH is 1. The van der Waals surface area contributed by atoms with Crippen molar-refractivity contribution in [2.45, 2.75) is 16.0 Å². The third kappa shape index (κ3) is 4.87. The Kier molecular flexibility index (Phi) is 6.00. The van der Waals surface area contributed by atoms with E-state index in [9.17, 15) is 15.2 Å². The van der Waals surface area contributed by atoms with E-state index < -0.39 is 11.0 Å². The zero-order chi connectivity index (χ0) is 15.9. The highest BCUT2D eigenvalue weighted by Gasteiger charge is 2.12. The van der Waals surface area contributed by atoms with E-state index in [1.54, 1.807) is 18.3 Å². The van der Waals surface area contributed by atoms with Crippen LogP contribution in [-0.2, 0) is 0 Å². The number of rotatable bonds is 7. The first-order valence-corrected chi connectivity index (χ1v) is 7.80. The van der Waals surface area contributed by atoms with Gasteiger partial charge in [0.2, 0.25) is 0 Å². The summed E-state index contributed by atoms with van der Waals surface area (Å²) >= 11 is 6.86. The van der Waals surface area contributed by atoms with Gasteiger partial charge in [-0.15, -0.1) is 11.6 Å². The summed E-state index contributed by atoms with van der Waals surface area (Å²) in [5.41, 5.74) is 0.528. The summed E-state index contributed by atoms with van der Waals surface area (Å²) in [6.45, 7) is 0.221. The lowest BCUT2D eigenvalue weighted by Gasteiger charge is -2.11. The van der Waals surface area contributed by atoms with Crippen molar-refractivity contribution >= 4 is 34.7 Å². The van der Waals surface area contributed by atoms with Gasteiger partial charge in [-0.25, -0.2) is 4.98 Å². The van der Waals surface area contributed by atoms with Crippen LogP contribution in [0.25, 0.3) is 0 Å². The molecule has 8 heteroatoms. The summed E-state index contributed by atoms with van der Waals surface area (Å²) in [4.78, 5) is 15.5. The maximum Gasteiger partial charge on any atom is 0.272 e. The van der Waals surface area contributed by atoms with E-state index in [0.717, 1.165) is 5.03 Å². The smallest absolute Gasteiger partial charge is 0.272 e. The van der Waals surface area contributed by atoms with Crippen LogP contribution in [0.15, 0.2) is 52.5 Å². The molecule has 0 fully saturated rings. The molecule has 1 aromatic carbocycles. The van der Waals surface area contributed by atoms with Gasteiger partial charge in [0.05, 0.1) is 16.9 Å². The fourth-order valence-corrected chi connectivity index (χ4v) is 2.64. The Morgan fingerprint density at radius 2 is 2.23 bits per heavy atom. The van der Waals surface area contributed by atoms with Crippen molar-refractivity contribution in [2.24, 2.45) is 0 Å². The summed E-state index contributed by atoms with van der Waals surface area (Å²) in [5, 5.41) is 24.2. The zero-order valence-corrected chi connectivity index (χ0v) is 13.0. The van der Waals surface area contributed by atoms with E-state index >= 15 is 0 Å². The number of hydrogen-bond donors (Lipinski definition) is 2. The predicted molar refractivity (Wildman–Crippen MR) is 86.7 cm³/mol. The van der Waals surface area contributed by atoms with E-state index in [0.29, 0.717) is 10.6 Å². The lowest BCUT2D eigenvalue weighted by Crippen LogP contribution is -2.20. The molecule has 0 aliphatic carbocycles. The number of non-ortho nitro benzene ring substituents is 1. The number of benzene rings is 1. The third-order valence-corrected chi connectivity index (χ3v) is 3.96. The van der Waals surface area contributed by atoms with Crippen molar-refractivity contribution in [1.29, 1.82) is 0 Å². The van der Waals surface area contributed by atoms with Crippen molar-refractivity contribution < 1.29 is 10.0 Å². The van der Waals surface area contributed by atoms with E-state index in [1.807, 2.05) is 12.1 Å². The minimum atomic E-state index is -0.715. The van der Waals surface area contributed by atoms with Gasteiger partial charge in [-0.1, -0.05) is 17.8 Å². The Morgan fingerprint density at radius 1 is 1.41 bits per heavy atom. The van der Waals surface area contributed by atoms with Crippen molar-refractivity contribution in [2.75, 3.05) is 17.7 Å². The van der Waals surface area contributed by atoms with Crippen LogP contribution in [0.2, 0.25) is 0 Å². The second kappa shape index (κ2) is 7.98. The first-order valence-electron chi connectivity index (χ1n) is 6.45. The number of nitrogens with one attached hydrogen (secondary N) is 1. The van der Waals surface area contributed by atoms with Crippen molar-refractivity contribution in [3.63, 3.8) is 0 Å². The average Bonchev–Trinajstić information content (AvgIpc) is 2.53. The van der Waals surface area contributed by atoms with Crippen LogP contribution in [0.4, 0.5) is 11.4 Å². The van der Waals surface area contributed by atoms with Gasteiger partial charge in [0.15, 0.2) is 0 Å². The average molecular weight is 340 g/mol. The number of halogens is 1. The minimum absolute atomic E-state index is 0.0243. The molecule has 2 aromatic rings. The number of nitro benzene ring substituents is 1. The minimum Gasteiger partial charge on any atom is -0.390 e. The Labute approximate surface area is 136 Å². The molecule has 0 aliphatic rings. The molecule has 0 amide bonds. The van der Waals surface area contributed by atoms with Gasteiger partial charge in [0, 0.05) is 35.5 Å². The second-order valence-corrected chi connectivity index (χ2v) is 5.83. The van der Waals surface area contributed by atoms with Crippen LogP contribution in [0.5, 0.6) is 0 Å². The highest BCUT2D eigenvalue weighted by Crippen LogP contribution is 2.31. The number of aliphatic hydroxyl groups is 1. The molecule has 2 N–H and O–H groups in total. The van der Waals surface area contributed by atoms with Gasteiger partial charge < -0.3 is 10.4 Å². The predicted octanol–water partition coefficient (Wildman–Crippen LogP) is 3.15. The fourth-order valence-electron chi connectivity index (χ4n) is 1.67. The lowest BCUT2D eigenvalue weighted by molar-refractivity contribution is -0.385. The summed E-state index contributed by atoms with van der Waals surface area (Å²) in [5.74, 6) is 0.0947. The molecule has 0 radical (unpaired) electrons. The first kappa shape index (κ1) is 16.5. The molecule has 0 spiro atoms. The van der Waals surface area contributed by atoms with Gasteiger partial charge in [-0.2, -0.15) is 0 Å². The van der Waals surface area contributed by atoms with Crippen LogP contribution in [0, 0.1) is 10.1 Å². The molecule has 116 valence electrons. The van der Waals surface area contributed by atoms with E-state index in [4.69, 9.17) is 11.6 Å². The molecule has 6 nitrogen and oxygen atoms in total. The number of hydrogen-bond acceptors (Lipinski definition) is 6. The molecule has 22 heavy (non-hydrogen) atoms. The van der Waals surface area contributed by atoms with E-state index in [-0.39, 0.29) is 18.1 Å². The molecule has 1 atom stereocenters. The van der Waals surface area contributed by atoms with E-state index in [2.05, 4.69) is 10.3 Å². The Hall–Kier alpha value is -1.83. The van der Waals surface area contributed by atoms with Crippen LogP contribution in [-0.4, -0.2) is 33.5 Å². The molecule has 0 saturated carbocycles. The lowest BCUT2D eigenvalue weighted by atomic mass is 10.2. The third-order valence-electron chi connectivity index (χ3n) is 2.68.